The summed E-state index contributed by atoms with van der Waals surface area (Å²) in [7, 11) is 3.22. The number of esters is 1. The van der Waals surface area contributed by atoms with E-state index in [0.29, 0.717) is 30.6 Å². The summed E-state index contributed by atoms with van der Waals surface area (Å²) in [5.74, 6) is 0.775. The number of carbonyl (C=O) groups is 1. The van der Waals surface area contributed by atoms with Crippen molar-refractivity contribution in [2.45, 2.75) is 13.5 Å². The molecule has 1 aromatic heterocycles. The maximum Gasteiger partial charge on any atom is 0.337 e. The van der Waals surface area contributed by atoms with Crippen LogP contribution >= 0.6 is 15.9 Å². The van der Waals surface area contributed by atoms with Crippen molar-refractivity contribution in [1.82, 2.24) is 10.2 Å². The zero-order valence-electron chi connectivity index (χ0n) is 15.8. The molecule has 1 heterocycles. The number of nitrogens with zero attached hydrogens (tertiary/aromatic N) is 3. The smallest absolute Gasteiger partial charge is 0.337 e. The van der Waals surface area contributed by atoms with E-state index >= 15 is 0 Å². The summed E-state index contributed by atoms with van der Waals surface area (Å²) in [5, 5.41) is 8.27. The van der Waals surface area contributed by atoms with Gasteiger partial charge in [-0.05, 0) is 58.7 Å². The van der Waals surface area contributed by atoms with Crippen LogP contribution < -0.4 is 9.64 Å². The van der Waals surface area contributed by atoms with E-state index in [2.05, 4.69) is 26.1 Å². The molecular weight excluding hydrogens is 426 g/mol. The number of aromatic nitrogens is 2. The van der Waals surface area contributed by atoms with Crippen LogP contribution in [0, 0.1) is 0 Å². The Morgan fingerprint density at radius 2 is 1.93 bits per heavy atom. The van der Waals surface area contributed by atoms with E-state index in [4.69, 9.17) is 13.9 Å². The number of ether oxygens (including phenoxy) is 2. The first-order valence-electron chi connectivity index (χ1n) is 8.66. The van der Waals surface area contributed by atoms with Gasteiger partial charge in [0, 0.05) is 19.2 Å². The lowest BCUT2D eigenvalue weighted by atomic mass is 10.1. The SMILES string of the molecule is CCOc1cc(-c2nnc(N(C)Cc3ccc(C(=O)OC)cc3)o2)ccc1Br. The zero-order valence-corrected chi connectivity index (χ0v) is 17.4. The van der Waals surface area contributed by atoms with Gasteiger partial charge in [-0.2, -0.15) is 0 Å². The number of carbonyl (C=O) groups excluding carboxylic acids is 1. The summed E-state index contributed by atoms with van der Waals surface area (Å²) in [5.41, 5.74) is 2.28. The van der Waals surface area contributed by atoms with E-state index in [1.54, 1.807) is 12.1 Å². The van der Waals surface area contributed by atoms with E-state index < -0.39 is 0 Å². The van der Waals surface area contributed by atoms with Crippen molar-refractivity contribution in [2.75, 3.05) is 25.7 Å². The van der Waals surface area contributed by atoms with E-state index in [1.807, 2.05) is 49.2 Å². The summed E-state index contributed by atoms with van der Waals surface area (Å²) >= 11 is 3.46. The van der Waals surface area contributed by atoms with Crippen molar-refractivity contribution < 1.29 is 18.7 Å². The van der Waals surface area contributed by atoms with Crippen molar-refractivity contribution in [3.05, 3.63) is 58.1 Å². The Morgan fingerprint density at radius 1 is 1.18 bits per heavy atom. The van der Waals surface area contributed by atoms with Crippen molar-refractivity contribution >= 4 is 27.9 Å². The van der Waals surface area contributed by atoms with E-state index in [1.165, 1.54) is 7.11 Å². The number of rotatable bonds is 7. The Kier molecular flexibility index (Phi) is 6.30. The highest BCUT2D eigenvalue weighted by atomic mass is 79.9. The maximum atomic E-state index is 11.5. The van der Waals surface area contributed by atoms with Gasteiger partial charge >= 0.3 is 12.0 Å². The minimum Gasteiger partial charge on any atom is -0.493 e. The van der Waals surface area contributed by atoms with Crippen molar-refractivity contribution in [2.24, 2.45) is 0 Å². The van der Waals surface area contributed by atoms with Gasteiger partial charge in [-0.3, -0.25) is 0 Å². The lowest BCUT2D eigenvalue weighted by Gasteiger charge is -2.14. The average molecular weight is 446 g/mol. The second kappa shape index (κ2) is 8.88. The lowest BCUT2D eigenvalue weighted by Crippen LogP contribution is -2.16. The molecule has 0 bridgehead atoms. The molecule has 0 N–H and O–H groups in total. The third kappa shape index (κ3) is 4.51. The Balaban J connectivity index is 1.73. The van der Waals surface area contributed by atoms with Crippen LogP contribution in [0.2, 0.25) is 0 Å². The van der Waals surface area contributed by atoms with Gasteiger partial charge in [-0.15, -0.1) is 5.10 Å². The van der Waals surface area contributed by atoms with Crippen LogP contribution in [0.5, 0.6) is 5.75 Å². The van der Waals surface area contributed by atoms with E-state index in [0.717, 1.165) is 21.3 Å². The summed E-state index contributed by atoms with van der Waals surface area (Å²) < 4.78 is 17.0. The highest BCUT2D eigenvalue weighted by Gasteiger charge is 2.15. The molecule has 0 aliphatic carbocycles. The van der Waals surface area contributed by atoms with E-state index in [9.17, 15) is 4.79 Å². The number of anilines is 1. The standard InChI is InChI=1S/C20H20BrN3O4/c1-4-27-17-11-15(9-10-16(17)21)18-22-23-20(28-18)24(2)12-13-5-7-14(8-6-13)19(25)26-3/h5-11H,4,12H2,1-3H3. The Morgan fingerprint density at radius 3 is 2.61 bits per heavy atom. The van der Waals surface area contributed by atoms with Crippen LogP contribution in [0.15, 0.2) is 51.4 Å². The van der Waals surface area contributed by atoms with Gasteiger partial charge in [0.25, 0.3) is 0 Å². The quantitative estimate of drug-likeness (QED) is 0.501. The molecule has 0 fully saturated rings. The molecule has 0 saturated heterocycles. The van der Waals surface area contributed by atoms with Crippen LogP contribution in [0.4, 0.5) is 6.01 Å². The number of halogens is 1. The van der Waals surface area contributed by atoms with E-state index in [-0.39, 0.29) is 5.97 Å². The third-order valence-corrected chi connectivity index (χ3v) is 4.67. The minimum atomic E-state index is -0.359. The zero-order chi connectivity index (χ0) is 20.1. The number of methoxy groups -OCH3 is 1. The maximum absolute atomic E-state index is 11.5. The molecule has 3 rings (SSSR count). The highest BCUT2D eigenvalue weighted by Crippen LogP contribution is 2.31. The third-order valence-electron chi connectivity index (χ3n) is 4.01. The molecule has 0 atom stereocenters. The number of benzene rings is 2. The van der Waals surface area contributed by atoms with Crippen molar-refractivity contribution in [3.63, 3.8) is 0 Å². The van der Waals surface area contributed by atoms with Crippen molar-refractivity contribution in [3.8, 4) is 17.2 Å². The highest BCUT2D eigenvalue weighted by molar-refractivity contribution is 9.10. The molecule has 0 saturated carbocycles. The van der Waals surface area contributed by atoms with Gasteiger partial charge in [0.1, 0.15) is 5.75 Å². The fourth-order valence-corrected chi connectivity index (χ4v) is 2.96. The first-order valence-corrected chi connectivity index (χ1v) is 9.45. The van der Waals surface area contributed by atoms with Gasteiger partial charge in [0.15, 0.2) is 0 Å². The Labute approximate surface area is 171 Å². The molecule has 146 valence electrons. The monoisotopic (exact) mass is 445 g/mol. The fourth-order valence-electron chi connectivity index (χ4n) is 2.59. The molecule has 0 radical (unpaired) electrons. The van der Waals surface area contributed by atoms with Gasteiger partial charge in [-0.1, -0.05) is 17.2 Å². The first kappa shape index (κ1) is 19.9. The first-order chi connectivity index (χ1) is 13.5. The molecule has 7 nitrogen and oxygen atoms in total. The normalized spacial score (nSPS) is 10.6. The molecule has 0 amide bonds. The summed E-state index contributed by atoms with van der Waals surface area (Å²) in [6.45, 7) is 3.04. The molecule has 0 aliphatic heterocycles. The second-order valence-corrected chi connectivity index (χ2v) is 6.87. The predicted octanol–water partition coefficient (Wildman–Crippen LogP) is 4.32. The summed E-state index contributed by atoms with van der Waals surface area (Å²) in [4.78, 5) is 13.4. The molecule has 2 aromatic carbocycles. The average Bonchev–Trinajstić information content (AvgIpc) is 3.20. The van der Waals surface area contributed by atoms with Crippen LogP contribution in [0.25, 0.3) is 11.5 Å². The molecule has 28 heavy (non-hydrogen) atoms. The lowest BCUT2D eigenvalue weighted by molar-refractivity contribution is 0.0600. The van der Waals surface area contributed by atoms with Crippen molar-refractivity contribution in [1.29, 1.82) is 0 Å². The summed E-state index contributed by atoms with van der Waals surface area (Å²) in [6, 6.07) is 13.2. The van der Waals surface area contributed by atoms with Crippen LogP contribution in [0.1, 0.15) is 22.8 Å². The molecule has 0 spiro atoms. The minimum absolute atomic E-state index is 0.359. The summed E-state index contributed by atoms with van der Waals surface area (Å²) in [6.07, 6.45) is 0. The van der Waals surface area contributed by atoms with Crippen LogP contribution in [-0.4, -0.2) is 36.9 Å². The van der Waals surface area contributed by atoms with Gasteiger partial charge in [-0.25, -0.2) is 4.79 Å². The molecule has 8 heteroatoms. The fraction of sp³-hybridized carbons (Fsp3) is 0.250. The predicted molar refractivity (Wildman–Crippen MR) is 108 cm³/mol. The second-order valence-electron chi connectivity index (χ2n) is 6.01. The molecule has 0 aliphatic rings. The van der Waals surface area contributed by atoms with Gasteiger partial charge in [0.2, 0.25) is 5.89 Å². The largest absolute Gasteiger partial charge is 0.493 e. The molecule has 0 unspecified atom stereocenters. The molecule has 3 aromatic rings. The van der Waals surface area contributed by atoms with Crippen LogP contribution in [-0.2, 0) is 11.3 Å². The van der Waals surface area contributed by atoms with Gasteiger partial charge < -0.3 is 18.8 Å². The Hall–Kier alpha value is -2.87. The molecular formula is C20H20BrN3O4. The Bertz CT molecular complexity index is 956. The number of hydrogen-bond donors (Lipinski definition) is 0. The van der Waals surface area contributed by atoms with Gasteiger partial charge in [0.05, 0.1) is 23.8 Å². The van der Waals surface area contributed by atoms with Crippen LogP contribution in [0.3, 0.4) is 0 Å². The number of hydrogen-bond acceptors (Lipinski definition) is 7. The topological polar surface area (TPSA) is 77.7 Å².